The zero-order valence-corrected chi connectivity index (χ0v) is 14.3. The van der Waals surface area contributed by atoms with E-state index in [4.69, 9.17) is 14.2 Å². The van der Waals surface area contributed by atoms with Gasteiger partial charge in [-0.3, -0.25) is 4.79 Å². The van der Waals surface area contributed by atoms with Gasteiger partial charge in [-0.1, -0.05) is 0 Å². The largest absolute Gasteiger partial charge is 0.492 e. The summed E-state index contributed by atoms with van der Waals surface area (Å²) in [5.41, 5.74) is 0. The predicted octanol–water partition coefficient (Wildman–Crippen LogP) is 2.88. The van der Waals surface area contributed by atoms with Gasteiger partial charge >= 0.3 is 0 Å². The predicted molar refractivity (Wildman–Crippen MR) is 93.1 cm³/mol. The molecule has 1 aliphatic heterocycles. The van der Waals surface area contributed by atoms with Crippen LogP contribution in [0.3, 0.4) is 0 Å². The van der Waals surface area contributed by atoms with Crippen LogP contribution in [-0.2, 0) is 4.79 Å². The molecule has 5 nitrogen and oxygen atoms in total. The van der Waals surface area contributed by atoms with E-state index in [2.05, 4.69) is 5.32 Å². The van der Waals surface area contributed by atoms with E-state index in [0.717, 1.165) is 10.6 Å². The maximum atomic E-state index is 12.8. The Kier molecular flexibility index (Phi) is 6.00. The van der Waals surface area contributed by atoms with Gasteiger partial charge in [0.05, 0.1) is 12.3 Å². The normalized spacial score (nSPS) is 12.5. The van der Waals surface area contributed by atoms with Crippen molar-refractivity contribution < 1.29 is 23.4 Å². The molecule has 3 rings (SSSR count). The van der Waals surface area contributed by atoms with Crippen LogP contribution < -0.4 is 19.5 Å². The third-order valence-electron chi connectivity index (χ3n) is 3.39. The molecule has 0 atom stereocenters. The molecule has 0 aromatic heterocycles. The number of carbonyl (C=O) groups excluding carboxylic acids is 1. The average Bonchev–Trinajstić information content (AvgIpc) is 2.65. The molecule has 7 heteroatoms. The third-order valence-corrected chi connectivity index (χ3v) is 4.38. The quantitative estimate of drug-likeness (QED) is 0.606. The lowest BCUT2D eigenvalue weighted by Crippen LogP contribution is -2.29. The standard InChI is InChI=1S/C18H18FNO4S/c19-13-1-3-14(4-2-13)22-8-7-20-18(21)12-25-15-5-6-16-17(11-15)24-10-9-23-16/h1-6,11H,7-10,12H2,(H,20,21). The van der Waals surface area contributed by atoms with Crippen LogP contribution in [0.1, 0.15) is 0 Å². The van der Waals surface area contributed by atoms with E-state index < -0.39 is 0 Å². The van der Waals surface area contributed by atoms with Crippen molar-refractivity contribution in [1.82, 2.24) is 5.32 Å². The van der Waals surface area contributed by atoms with E-state index in [1.54, 1.807) is 12.1 Å². The average molecular weight is 363 g/mol. The minimum Gasteiger partial charge on any atom is -0.492 e. The Bertz CT molecular complexity index is 724. The maximum Gasteiger partial charge on any atom is 0.230 e. The van der Waals surface area contributed by atoms with Crippen molar-refractivity contribution in [3.05, 3.63) is 48.3 Å². The molecule has 1 amide bonds. The number of halogens is 1. The first kappa shape index (κ1) is 17.4. The summed E-state index contributed by atoms with van der Waals surface area (Å²) in [5.74, 6) is 1.93. The smallest absolute Gasteiger partial charge is 0.230 e. The van der Waals surface area contributed by atoms with Crippen molar-refractivity contribution in [2.24, 2.45) is 0 Å². The van der Waals surface area contributed by atoms with Gasteiger partial charge in [-0.25, -0.2) is 4.39 Å². The first-order valence-corrected chi connectivity index (χ1v) is 8.87. The van der Waals surface area contributed by atoms with E-state index in [1.807, 2.05) is 18.2 Å². The number of hydrogen-bond donors (Lipinski definition) is 1. The van der Waals surface area contributed by atoms with Gasteiger partial charge in [-0.2, -0.15) is 0 Å². The van der Waals surface area contributed by atoms with Gasteiger partial charge in [0, 0.05) is 4.90 Å². The van der Waals surface area contributed by atoms with Crippen molar-refractivity contribution in [2.75, 3.05) is 32.1 Å². The molecule has 1 N–H and O–H groups in total. The molecule has 0 radical (unpaired) electrons. The number of hydrogen-bond acceptors (Lipinski definition) is 5. The molecule has 0 fully saturated rings. The van der Waals surface area contributed by atoms with Crippen molar-refractivity contribution in [2.45, 2.75) is 4.90 Å². The summed E-state index contributed by atoms with van der Waals surface area (Å²) in [6, 6.07) is 11.4. The zero-order chi connectivity index (χ0) is 17.5. The van der Waals surface area contributed by atoms with E-state index in [-0.39, 0.29) is 11.7 Å². The highest BCUT2D eigenvalue weighted by Crippen LogP contribution is 2.34. The minimum absolute atomic E-state index is 0.0809. The first-order valence-electron chi connectivity index (χ1n) is 7.88. The SMILES string of the molecule is O=C(CSc1ccc2c(c1)OCCO2)NCCOc1ccc(F)cc1. The molecule has 0 spiro atoms. The Morgan fingerprint density at radius 3 is 2.68 bits per heavy atom. The Labute approximate surface area is 149 Å². The lowest BCUT2D eigenvalue weighted by Gasteiger charge is -2.18. The summed E-state index contributed by atoms with van der Waals surface area (Å²) < 4.78 is 29.2. The van der Waals surface area contributed by atoms with Crippen LogP contribution in [0.5, 0.6) is 17.2 Å². The van der Waals surface area contributed by atoms with Gasteiger partial charge in [0.25, 0.3) is 0 Å². The Morgan fingerprint density at radius 2 is 1.88 bits per heavy atom. The topological polar surface area (TPSA) is 56.8 Å². The number of thioether (sulfide) groups is 1. The second-order valence-corrected chi connectivity index (χ2v) is 6.30. The van der Waals surface area contributed by atoms with Gasteiger partial charge in [0.15, 0.2) is 11.5 Å². The Hall–Kier alpha value is -2.41. The van der Waals surface area contributed by atoms with Gasteiger partial charge in [0.1, 0.15) is 31.4 Å². The molecular weight excluding hydrogens is 345 g/mol. The van der Waals surface area contributed by atoms with Crippen molar-refractivity contribution >= 4 is 17.7 Å². The van der Waals surface area contributed by atoms with E-state index >= 15 is 0 Å². The van der Waals surface area contributed by atoms with Crippen LogP contribution in [0.4, 0.5) is 4.39 Å². The highest BCUT2D eigenvalue weighted by atomic mass is 32.2. The lowest BCUT2D eigenvalue weighted by molar-refractivity contribution is -0.118. The Morgan fingerprint density at radius 1 is 1.12 bits per heavy atom. The van der Waals surface area contributed by atoms with E-state index in [0.29, 0.717) is 43.6 Å². The molecule has 0 saturated carbocycles. The van der Waals surface area contributed by atoms with Crippen LogP contribution in [0.25, 0.3) is 0 Å². The molecule has 25 heavy (non-hydrogen) atoms. The summed E-state index contributed by atoms with van der Waals surface area (Å²) in [6.45, 7) is 1.81. The zero-order valence-electron chi connectivity index (χ0n) is 13.5. The van der Waals surface area contributed by atoms with Crippen molar-refractivity contribution in [3.63, 3.8) is 0 Å². The van der Waals surface area contributed by atoms with Crippen LogP contribution in [0.15, 0.2) is 47.4 Å². The van der Waals surface area contributed by atoms with Crippen LogP contribution in [0.2, 0.25) is 0 Å². The van der Waals surface area contributed by atoms with Crippen molar-refractivity contribution in [3.8, 4) is 17.2 Å². The molecule has 0 aliphatic carbocycles. The second-order valence-electron chi connectivity index (χ2n) is 5.25. The van der Waals surface area contributed by atoms with Crippen molar-refractivity contribution in [1.29, 1.82) is 0 Å². The number of benzene rings is 2. The molecule has 1 aliphatic rings. The molecular formula is C18H18FNO4S. The molecule has 0 bridgehead atoms. The highest BCUT2D eigenvalue weighted by Gasteiger charge is 2.12. The maximum absolute atomic E-state index is 12.8. The number of carbonyl (C=O) groups is 1. The molecule has 0 unspecified atom stereocenters. The third kappa shape index (κ3) is 5.29. The Balaban J connectivity index is 1.36. The van der Waals surface area contributed by atoms with Crippen LogP contribution >= 0.6 is 11.8 Å². The van der Waals surface area contributed by atoms with Crippen LogP contribution in [0, 0.1) is 5.82 Å². The van der Waals surface area contributed by atoms with Crippen LogP contribution in [-0.4, -0.2) is 38.0 Å². The van der Waals surface area contributed by atoms with Gasteiger partial charge in [-0.15, -0.1) is 11.8 Å². The summed E-state index contributed by atoms with van der Waals surface area (Å²) in [7, 11) is 0. The monoisotopic (exact) mass is 363 g/mol. The lowest BCUT2D eigenvalue weighted by atomic mass is 10.3. The molecule has 2 aromatic carbocycles. The van der Waals surface area contributed by atoms with E-state index in [9.17, 15) is 9.18 Å². The fourth-order valence-electron chi connectivity index (χ4n) is 2.20. The van der Waals surface area contributed by atoms with E-state index in [1.165, 1.54) is 23.9 Å². The number of ether oxygens (including phenoxy) is 3. The molecule has 2 aromatic rings. The van der Waals surface area contributed by atoms with Gasteiger partial charge < -0.3 is 19.5 Å². The van der Waals surface area contributed by atoms with Gasteiger partial charge in [-0.05, 0) is 42.5 Å². The number of fused-ring (bicyclic) bond motifs is 1. The summed E-state index contributed by atoms with van der Waals surface area (Å²) in [5, 5.41) is 2.78. The summed E-state index contributed by atoms with van der Waals surface area (Å²) >= 11 is 1.43. The first-order chi connectivity index (χ1) is 12.2. The fraction of sp³-hybridized carbons (Fsp3) is 0.278. The number of nitrogens with one attached hydrogen (secondary N) is 1. The molecule has 1 heterocycles. The molecule has 132 valence electrons. The minimum atomic E-state index is -0.309. The fourth-order valence-corrected chi connectivity index (χ4v) is 2.96. The second kappa shape index (κ2) is 8.62. The molecule has 0 saturated heterocycles. The van der Waals surface area contributed by atoms with Gasteiger partial charge in [0.2, 0.25) is 5.91 Å². The highest BCUT2D eigenvalue weighted by molar-refractivity contribution is 8.00. The number of amides is 1. The summed E-state index contributed by atoms with van der Waals surface area (Å²) in [6.07, 6.45) is 0. The summed E-state index contributed by atoms with van der Waals surface area (Å²) in [4.78, 5) is 12.8. The number of rotatable bonds is 7.